The first-order valence-electron chi connectivity index (χ1n) is 10.0. The van der Waals surface area contributed by atoms with Gasteiger partial charge in [0.05, 0.1) is 0 Å². The number of nitrogens with zero attached hydrogens (tertiary/aromatic N) is 1. The van der Waals surface area contributed by atoms with Crippen LogP contribution in [0.2, 0.25) is 15.1 Å². The topological polar surface area (TPSA) is 71.3 Å². The van der Waals surface area contributed by atoms with Crippen LogP contribution < -0.4 is 14.8 Å². The molecule has 0 spiro atoms. The first-order valence-corrected chi connectivity index (χ1v) is 11.2. The lowest BCUT2D eigenvalue weighted by Gasteiger charge is -2.10. The number of nitriles is 1. The van der Waals surface area contributed by atoms with Crippen LogP contribution in [0.15, 0.2) is 78.9 Å². The van der Waals surface area contributed by atoms with Gasteiger partial charge in [0.2, 0.25) is 0 Å². The molecule has 0 saturated heterocycles. The summed E-state index contributed by atoms with van der Waals surface area (Å²) in [7, 11) is 0. The predicted molar refractivity (Wildman–Crippen MR) is 137 cm³/mol. The van der Waals surface area contributed by atoms with E-state index in [2.05, 4.69) is 11.9 Å². The molecule has 0 atom stereocenters. The van der Waals surface area contributed by atoms with E-state index in [9.17, 15) is 10.1 Å². The third kappa shape index (κ3) is 7.03. The van der Waals surface area contributed by atoms with Gasteiger partial charge in [0.1, 0.15) is 36.4 Å². The zero-order chi connectivity index (χ0) is 24.5. The van der Waals surface area contributed by atoms with Gasteiger partial charge in [0, 0.05) is 31.9 Å². The van der Waals surface area contributed by atoms with Crippen molar-refractivity contribution in [3.63, 3.8) is 0 Å². The van der Waals surface area contributed by atoms with Crippen LogP contribution >= 0.6 is 34.8 Å². The first-order chi connectivity index (χ1) is 16.4. The molecule has 0 aliphatic heterocycles. The normalized spacial score (nSPS) is 10.8. The lowest BCUT2D eigenvalue weighted by atomic mass is 10.1. The summed E-state index contributed by atoms with van der Waals surface area (Å²) in [4.78, 5) is 12.7. The van der Waals surface area contributed by atoms with Gasteiger partial charge >= 0.3 is 0 Å². The molecule has 0 unspecified atom stereocenters. The molecule has 5 nitrogen and oxygen atoms in total. The average Bonchev–Trinajstić information content (AvgIpc) is 2.82. The Labute approximate surface area is 212 Å². The molecule has 0 aliphatic carbocycles. The van der Waals surface area contributed by atoms with Crippen molar-refractivity contribution in [1.29, 1.82) is 5.26 Å². The Morgan fingerprint density at radius 1 is 1.00 bits per heavy atom. The Morgan fingerprint density at radius 3 is 2.38 bits per heavy atom. The smallest absolute Gasteiger partial charge is 0.266 e. The molecule has 8 heteroatoms. The van der Waals surface area contributed by atoms with E-state index in [1.165, 1.54) is 6.08 Å². The maximum Gasteiger partial charge on any atom is 0.266 e. The van der Waals surface area contributed by atoms with Crippen LogP contribution in [0, 0.1) is 11.3 Å². The van der Waals surface area contributed by atoms with E-state index in [-0.39, 0.29) is 18.8 Å². The standard InChI is InChI=1S/C26H19Cl3N2O3/c1-2-11-33-25-10-5-20(27)13-18(25)12-19(15-30)26(32)31-22-6-8-23(9-7-22)34-16-17-3-4-21(28)14-24(17)29/h2-10,12-14H,1,11,16H2,(H,31,32)/b19-12+. The summed E-state index contributed by atoms with van der Waals surface area (Å²) in [6.45, 7) is 4.15. The molecule has 34 heavy (non-hydrogen) atoms. The van der Waals surface area contributed by atoms with E-state index in [0.29, 0.717) is 37.8 Å². The molecule has 0 bridgehead atoms. The summed E-state index contributed by atoms with van der Waals surface area (Å²) in [6.07, 6.45) is 3.02. The van der Waals surface area contributed by atoms with Crippen molar-refractivity contribution in [2.75, 3.05) is 11.9 Å². The number of nitrogens with one attached hydrogen (secondary N) is 1. The van der Waals surface area contributed by atoms with Crippen LogP contribution in [-0.4, -0.2) is 12.5 Å². The van der Waals surface area contributed by atoms with Crippen LogP contribution in [0.3, 0.4) is 0 Å². The Hall–Kier alpha value is -3.43. The second-order valence-corrected chi connectivity index (χ2v) is 8.23. The van der Waals surface area contributed by atoms with E-state index in [0.717, 1.165) is 5.56 Å². The van der Waals surface area contributed by atoms with Gasteiger partial charge in [-0.1, -0.05) is 53.5 Å². The van der Waals surface area contributed by atoms with Gasteiger partial charge in [-0.15, -0.1) is 0 Å². The Morgan fingerprint density at radius 2 is 1.71 bits per heavy atom. The van der Waals surface area contributed by atoms with Gasteiger partial charge in [0.25, 0.3) is 5.91 Å². The average molecular weight is 514 g/mol. The summed E-state index contributed by atoms with van der Waals surface area (Å²) in [5.74, 6) is 0.494. The van der Waals surface area contributed by atoms with E-state index in [1.54, 1.807) is 66.7 Å². The van der Waals surface area contributed by atoms with Crippen molar-refractivity contribution in [1.82, 2.24) is 0 Å². The summed E-state index contributed by atoms with van der Waals surface area (Å²) in [6, 6.07) is 18.8. The molecule has 172 valence electrons. The van der Waals surface area contributed by atoms with Crippen LogP contribution in [0.1, 0.15) is 11.1 Å². The number of ether oxygens (including phenoxy) is 2. The molecule has 0 fully saturated rings. The van der Waals surface area contributed by atoms with E-state index in [4.69, 9.17) is 44.3 Å². The number of carbonyl (C=O) groups excluding carboxylic acids is 1. The molecular formula is C26H19Cl3N2O3. The number of hydrogen-bond acceptors (Lipinski definition) is 4. The molecule has 3 aromatic carbocycles. The quantitative estimate of drug-likeness (QED) is 0.185. The minimum Gasteiger partial charge on any atom is -0.489 e. The maximum atomic E-state index is 12.7. The Balaban J connectivity index is 1.68. The van der Waals surface area contributed by atoms with Gasteiger partial charge < -0.3 is 14.8 Å². The van der Waals surface area contributed by atoms with Crippen molar-refractivity contribution in [2.24, 2.45) is 0 Å². The largest absolute Gasteiger partial charge is 0.489 e. The van der Waals surface area contributed by atoms with Crippen LogP contribution in [-0.2, 0) is 11.4 Å². The fourth-order valence-corrected chi connectivity index (χ4v) is 3.49. The molecule has 0 aliphatic rings. The zero-order valence-electron chi connectivity index (χ0n) is 17.9. The number of halogens is 3. The third-order valence-electron chi connectivity index (χ3n) is 4.52. The van der Waals surface area contributed by atoms with E-state index < -0.39 is 5.91 Å². The lowest BCUT2D eigenvalue weighted by Crippen LogP contribution is -2.13. The summed E-state index contributed by atoms with van der Waals surface area (Å²) in [5, 5.41) is 13.7. The SMILES string of the molecule is C=CCOc1ccc(Cl)cc1/C=C(\C#N)C(=O)Nc1ccc(OCc2ccc(Cl)cc2Cl)cc1. The Kier molecular flexibility index (Phi) is 9.00. The molecule has 0 saturated carbocycles. The summed E-state index contributed by atoms with van der Waals surface area (Å²) < 4.78 is 11.3. The molecule has 0 aromatic heterocycles. The van der Waals surface area contributed by atoms with Gasteiger partial charge in [0.15, 0.2) is 0 Å². The minimum absolute atomic E-state index is 0.108. The molecule has 0 heterocycles. The predicted octanol–water partition coefficient (Wildman–Crippen LogP) is 7.34. The highest BCUT2D eigenvalue weighted by molar-refractivity contribution is 6.35. The Bertz CT molecular complexity index is 1270. The minimum atomic E-state index is -0.571. The van der Waals surface area contributed by atoms with E-state index >= 15 is 0 Å². The van der Waals surface area contributed by atoms with E-state index in [1.807, 2.05) is 6.07 Å². The number of hydrogen-bond donors (Lipinski definition) is 1. The molecule has 3 aromatic rings. The summed E-state index contributed by atoms with van der Waals surface area (Å²) >= 11 is 18.1. The molecule has 0 radical (unpaired) electrons. The molecule has 3 rings (SSSR count). The van der Waals surface area contributed by atoms with Gasteiger partial charge in [-0.2, -0.15) is 5.26 Å². The van der Waals surface area contributed by atoms with Crippen molar-refractivity contribution in [3.8, 4) is 17.6 Å². The van der Waals surface area contributed by atoms with Gasteiger partial charge in [-0.05, 0) is 60.7 Å². The molecular weight excluding hydrogens is 495 g/mol. The van der Waals surface area contributed by atoms with Crippen LogP contribution in [0.4, 0.5) is 5.69 Å². The van der Waals surface area contributed by atoms with Gasteiger partial charge in [-0.3, -0.25) is 4.79 Å². The zero-order valence-corrected chi connectivity index (χ0v) is 20.1. The van der Waals surface area contributed by atoms with Crippen molar-refractivity contribution in [2.45, 2.75) is 6.61 Å². The monoisotopic (exact) mass is 512 g/mol. The van der Waals surface area contributed by atoms with Gasteiger partial charge in [-0.25, -0.2) is 0 Å². The fourth-order valence-electron chi connectivity index (χ4n) is 2.85. The van der Waals surface area contributed by atoms with Crippen LogP contribution in [0.5, 0.6) is 11.5 Å². The molecule has 1 amide bonds. The lowest BCUT2D eigenvalue weighted by molar-refractivity contribution is -0.112. The third-order valence-corrected chi connectivity index (χ3v) is 5.34. The van der Waals surface area contributed by atoms with Crippen molar-refractivity contribution >= 4 is 52.5 Å². The highest BCUT2D eigenvalue weighted by Gasteiger charge is 2.12. The molecule has 1 N–H and O–H groups in total. The number of benzene rings is 3. The second-order valence-electron chi connectivity index (χ2n) is 6.95. The summed E-state index contributed by atoms with van der Waals surface area (Å²) in [5.41, 5.74) is 1.69. The maximum absolute atomic E-state index is 12.7. The number of carbonyl (C=O) groups is 1. The van der Waals surface area contributed by atoms with Crippen molar-refractivity contribution < 1.29 is 14.3 Å². The number of amides is 1. The van der Waals surface area contributed by atoms with Crippen LogP contribution in [0.25, 0.3) is 6.08 Å². The first kappa shape index (κ1) is 25.2. The highest BCUT2D eigenvalue weighted by atomic mass is 35.5. The number of rotatable bonds is 9. The van der Waals surface area contributed by atoms with Crippen molar-refractivity contribution in [3.05, 3.63) is 105 Å². The number of anilines is 1. The highest BCUT2D eigenvalue weighted by Crippen LogP contribution is 2.26. The second kappa shape index (κ2) is 12.2. The fraction of sp³-hybridized carbons (Fsp3) is 0.0769.